The summed E-state index contributed by atoms with van der Waals surface area (Å²) in [6, 6.07) is 4.05. The number of rotatable bonds is 2. The van der Waals surface area contributed by atoms with Crippen LogP contribution in [-0.2, 0) is 16.0 Å². The third-order valence-electron chi connectivity index (χ3n) is 5.18. The predicted octanol–water partition coefficient (Wildman–Crippen LogP) is 3.17. The number of benzene rings is 1. The van der Waals surface area contributed by atoms with Gasteiger partial charge in [0.25, 0.3) is 0 Å². The molecule has 1 aromatic rings. The maximum absolute atomic E-state index is 12.0. The van der Waals surface area contributed by atoms with Crippen LogP contribution in [0.3, 0.4) is 0 Å². The maximum Gasteiger partial charge on any atom is 0.332 e. The first-order chi connectivity index (χ1) is 11.7. The standard InChI is InChI=1S/C19H23NO4/c1-2-22-18(21)10-15-14-9-17-16(23-12-24-17)8-13(14)11-19(20-15)6-4-3-5-7-19/h8-10,20H,2-7,11-12H2,1H3. The molecule has 1 aromatic carbocycles. The average molecular weight is 329 g/mol. The van der Waals surface area contributed by atoms with Gasteiger partial charge >= 0.3 is 5.97 Å². The molecule has 0 bridgehead atoms. The normalized spacial score (nSPS) is 22.1. The van der Waals surface area contributed by atoms with Crippen LogP contribution in [0.2, 0.25) is 0 Å². The van der Waals surface area contributed by atoms with E-state index in [0.717, 1.165) is 42.0 Å². The fraction of sp³-hybridized carbons (Fsp3) is 0.526. The summed E-state index contributed by atoms with van der Waals surface area (Å²) in [5, 5.41) is 3.67. The van der Waals surface area contributed by atoms with Gasteiger partial charge in [0.2, 0.25) is 6.79 Å². The molecule has 128 valence electrons. The SMILES string of the molecule is CCOC(=O)C=C1NC2(CCCCC2)Cc2cc3c(cc21)OCO3. The van der Waals surface area contributed by atoms with E-state index in [1.807, 2.05) is 13.0 Å². The Morgan fingerprint density at radius 3 is 2.75 bits per heavy atom. The van der Waals surface area contributed by atoms with Crippen LogP contribution in [0.1, 0.15) is 50.2 Å². The number of fused-ring (bicyclic) bond motifs is 2. The lowest BCUT2D eigenvalue weighted by Crippen LogP contribution is -2.50. The van der Waals surface area contributed by atoms with Gasteiger partial charge in [0.1, 0.15) is 0 Å². The van der Waals surface area contributed by atoms with Crippen molar-refractivity contribution in [1.82, 2.24) is 5.32 Å². The van der Waals surface area contributed by atoms with Crippen LogP contribution in [0.25, 0.3) is 5.70 Å². The van der Waals surface area contributed by atoms with Gasteiger partial charge in [0, 0.05) is 22.9 Å². The summed E-state index contributed by atoms with van der Waals surface area (Å²) in [7, 11) is 0. The minimum atomic E-state index is -0.309. The Morgan fingerprint density at radius 1 is 1.25 bits per heavy atom. The molecular formula is C19H23NO4. The molecule has 2 heterocycles. The smallest absolute Gasteiger partial charge is 0.332 e. The number of hydrogen-bond acceptors (Lipinski definition) is 5. The number of esters is 1. The van der Waals surface area contributed by atoms with E-state index < -0.39 is 0 Å². The van der Waals surface area contributed by atoms with Gasteiger partial charge in [-0.05, 0) is 43.9 Å². The summed E-state index contributed by atoms with van der Waals surface area (Å²) in [5.74, 6) is 1.23. The van der Waals surface area contributed by atoms with Crippen molar-refractivity contribution < 1.29 is 19.0 Å². The Kier molecular flexibility index (Phi) is 3.87. The summed E-state index contributed by atoms with van der Waals surface area (Å²) < 4.78 is 16.2. The highest BCUT2D eigenvalue weighted by Crippen LogP contribution is 2.43. The zero-order valence-corrected chi connectivity index (χ0v) is 14.0. The van der Waals surface area contributed by atoms with Crippen LogP contribution >= 0.6 is 0 Å². The van der Waals surface area contributed by atoms with Crippen molar-refractivity contribution >= 4 is 11.7 Å². The monoisotopic (exact) mass is 329 g/mol. The second-order valence-electron chi connectivity index (χ2n) is 6.82. The molecule has 0 aromatic heterocycles. The summed E-state index contributed by atoms with van der Waals surface area (Å²) in [5.41, 5.74) is 3.12. The number of ether oxygens (including phenoxy) is 3. The Morgan fingerprint density at radius 2 is 2.00 bits per heavy atom. The molecule has 0 unspecified atom stereocenters. The van der Waals surface area contributed by atoms with Crippen molar-refractivity contribution in [3.63, 3.8) is 0 Å². The van der Waals surface area contributed by atoms with Crippen molar-refractivity contribution in [1.29, 1.82) is 0 Å². The lowest BCUT2D eigenvalue weighted by Gasteiger charge is -2.44. The van der Waals surface area contributed by atoms with Crippen LogP contribution in [0, 0.1) is 0 Å². The molecular weight excluding hydrogens is 306 g/mol. The highest BCUT2D eigenvalue weighted by molar-refractivity contribution is 5.92. The van der Waals surface area contributed by atoms with E-state index in [0.29, 0.717) is 6.61 Å². The molecule has 0 saturated heterocycles. The van der Waals surface area contributed by atoms with Crippen LogP contribution in [-0.4, -0.2) is 24.9 Å². The lowest BCUT2D eigenvalue weighted by atomic mass is 9.73. The minimum absolute atomic E-state index is 0.0390. The van der Waals surface area contributed by atoms with E-state index in [-0.39, 0.29) is 18.3 Å². The van der Waals surface area contributed by atoms with Gasteiger partial charge in [-0.3, -0.25) is 0 Å². The van der Waals surface area contributed by atoms with Crippen molar-refractivity contribution in [2.75, 3.05) is 13.4 Å². The van der Waals surface area contributed by atoms with Gasteiger partial charge in [-0.15, -0.1) is 0 Å². The fourth-order valence-electron chi connectivity index (χ4n) is 4.09. The average Bonchev–Trinajstić information content (AvgIpc) is 3.01. The van der Waals surface area contributed by atoms with Gasteiger partial charge in [-0.25, -0.2) is 4.79 Å². The highest BCUT2D eigenvalue weighted by atomic mass is 16.7. The Balaban J connectivity index is 1.76. The maximum atomic E-state index is 12.0. The number of hydrogen-bond donors (Lipinski definition) is 1. The lowest BCUT2D eigenvalue weighted by molar-refractivity contribution is -0.137. The fourth-order valence-corrected chi connectivity index (χ4v) is 4.09. The van der Waals surface area contributed by atoms with Gasteiger partial charge in [0.05, 0.1) is 6.61 Å². The van der Waals surface area contributed by atoms with E-state index in [1.165, 1.54) is 24.8 Å². The molecule has 0 amide bonds. The zero-order chi connectivity index (χ0) is 16.6. The molecule has 1 fully saturated rings. The summed E-state index contributed by atoms with van der Waals surface area (Å²) in [6.07, 6.45) is 8.52. The highest BCUT2D eigenvalue weighted by Gasteiger charge is 2.38. The summed E-state index contributed by atoms with van der Waals surface area (Å²) >= 11 is 0. The molecule has 4 rings (SSSR count). The number of carbonyl (C=O) groups is 1. The van der Waals surface area contributed by atoms with Crippen molar-refractivity contribution in [2.24, 2.45) is 0 Å². The van der Waals surface area contributed by atoms with E-state index in [9.17, 15) is 4.79 Å². The molecule has 1 saturated carbocycles. The van der Waals surface area contributed by atoms with Gasteiger partial charge in [0.15, 0.2) is 11.5 Å². The molecule has 1 spiro atoms. The third-order valence-corrected chi connectivity index (χ3v) is 5.18. The number of nitrogens with one attached hydrogen (secondary N) is 1. The Labute approximate surface area is 142 Å². The Bertz CT molecular complexity index is 689. The molecule has 2 aliphatic heterocycles. The number of carbonyl (C=O) groups excluding carboxylic acids is 1. The van der Waals surface area contributed by atoms with Gasteiger partial charge in [-0.1, -0.05) is 19.3 Å². The van der Waals surface area contributed by atoms with Gasteiger partial charge in [-0.2, -0.15) is 0 Å². The summed E-state index contributed by atoms with van der Waals surface area (Å²) in [4.78, 5) is 12.0. The summed E-state index contributed by atoms with van der Waals surface area (Å²) in [6.45, 7) is 2.45. The molecule has 1 aliphatic carbocycles. The molecule has 3 aliphatic rings. The first-order valence-electron chi connectivity index (χ1n) is 8.79. The zero-order valence-electron chi connectivity index (χ0n) is 14.0. The molecule has 0 atom stereocenters. The molecule has 5 heteroatoms. The first-order valence-corrected chi connectivity index (χ1v) is 8.79. The Hall–Kier alpha value is -2.17. The van der Waals surface area contributed by atoms with Crippen molar-refractivity contribution in [3.8, 4) is 11.5 Å². The quantitative estimate of drug-likeness (QED) is 0.667. The van der Waals surface area contributed by atoms with Crippen LogP contribution in [0.5, 0.6) is 11.5 Å². The van der Waals surface area contributed by atoms with Crippen LogP contribution in [0.4, 0.5) is 0 Å². The predicted molar refractivity (Wildman–Crippen MR) is 89.8 cm³/mol. The third kappa shape index (κ3) is 2.72. The second-order valence-corrected chi connectivity index (χ2v) is 6.82. The van der Waals surface area contributed by atoms with Crippen molar-refractivity contribution in [2.45, 2.75) is 51.0 Å². The molecule has 1 N–H and O–H groups in total. The second kappa shape index (κ2) is 6.04. The van der Waals surface area contributed by atoms with Gasteiger partial charge < -0.3 is 19.5 Å². The molecule has 0 radical (unpaired) electrons. The van der Waals surface area contributed by atoms with E-state index in [1.54, 1.807) is 6.08 Å². The largest absolute Gasteiger partial charge is 0.463 e. The van der Waals surface area contributed by atoms with E-state index >= 15 is 0 Å². The molecule has 5 nitrogen and oxygen atoms in total. The van der Waals surface area contributed by atoms with E-state index in [2.05, 4.69) is 11.4 Å². The van der Waals surface area contributed by atoms with Crippen LogP contribution in [0.15, 0.2) is 18.2 Å². The van der Waals surface area contributed by atoms with Crippen molar-refractivity contribution in [3.05, 3.63) is 29.3 Å². The minimum Gasteiger partial charge on any atom is -0.463 e. The molecule has 24 heavy (non-hydrogen) atoms. The van der Waals surface area contributed by atoms with Crippen LogP contribution < -0.4 is 14.8 Å². The van der Waals surface area contributed by atoms with E-state index in [4.69, 9.17) is 14.2 Å². The first kappa shape index (κ1) is 15.4. The topological polar surface area (TPSA) is 56.8 Å².